The van der Waals surface area contributed by atoms with Crippen molar-refractivity contribution < 1.29 is 0 Å². The molecule has 2 aromatic rings. The number of benzene rings is 1. The highest BCUT2D eigenvalue weighted by Crippen LogP contribution is 2.34. The molecule has 2 rings (SSSR count). The van der Waals surface area contributed by atoms with Gasteiger partial charge in [0.25, 0.3) is 0 Å². The van der Waals surface area contributed by atoms with E-state index in [9.17, 15) is 0 Å². The maximum Gasteiger partial charge on any atom is 0.0907 e. The van der Waals surface area contributed by atoms with Crippen LogP contribution in [-0.2, 0) is 6.42 Å². The smallest absolute Gasteiger partial charge is 0.0907 e. The summed E-state index contributed by atoms with van der Waals surface area (Å²) in [5, 5.41) is 2.18. The Hall–Kier alpha value is -0.540. The Morgan fingerprint density at radius 1 is 1.12 bits per heavy atom. The maximum atomic E-state index is 6.07. The zero-order valence-electron chi connectivity index (χ0n) is 8.30. The van der Waals surface area contributed by atoms with Gasteiger partial charge in [-0.2, -0.15) is 0 Å². The topological polar surface area (TPSA) is 38.9 Å². The first-order valence-corrected chi connectivity index (χ1v) is 5.90. The van der Waals surface area contributed by atoms with Gasteiger partial charge in [-0.05, 0) is 24.7 Å². The number of nitrogens with two attached hydrogens (primary N) is 1. The second-order valence-electron chi connectivity index (χ2n) is 3.39. The number of rotatable bonds is 2. The summed E-state index contributed by atoms with van der Waals surface area (Å²) in [7, 11) is 0. The predicted molar refractivity (Wildman–Crippen MR) is 69.5 cm³/mol. The summed E-state index contributed by atoms with van der Waals surface area (Å²) >= 11 is 18.1. The third kappa shape index (κ3) is 2.11. The van der Waals surface area contributed by atoms with Crippen molar-refractivity contribution in [1.82, 2.24) is 4.98 Å². The monoisotopic (exact) mass is 274 g/mol. The molecule has 84 valence electrons. The molecule has 1 aromatic carbocycles. The largest absolute Gasteiger partial charge is 0.330 e. The average molecular weight is 276 g/mol. The van der Waals surface area contributed by atoms with Crippen LogP contribution < -0.4 is 5.73 Å². The van der Waals surface area contributed by atoms with Gasteiger partial charge in [0.2, 0.25) is 0 Å². The van der Waals surface area contributed by atoms with Crippen molar-refractivity contribution >= 4 is 45.7 Å². The second kappa shape index (κ2) is 4.76. The summed E-state index contributed by atoms with van der Waals surface area (Å²) in [6.45, 7) is 0.553. The summed E-state index contributed by atoms with van der Waals surface area (Å²) in [5.41, 5.74) is 7.04. The molecule has 1 heterocycles. The Labute approximate surface area is 108 Å². The zero-order chi connectivity index (χ0) is 11.7. The Morgan fingerprint density at radius 2 is 1.88 bits per heavy atom. The van der Waals surface area contributed by atoms with Gasteiger partial charge in [0.15, 0.2) is 0 Å². The lowest BCUT2D eigenvalue weighted by molar-refractivity contribution is 0.932. The van der Waals surface area contributed by atoms with E-state index in [1.807, 2.05) is 12.1 Å². The maximum absolute atomic E-state index is 6.07. The first-order chi connectivity index (χ1) is 7.63. The van der Waals surface area contributed by atoms with E-state index >= 15 is 0 Å². The van der Waals surface area contributed by atoms with E-state index in [0.717, 1.165) is 11.1 Å². The van der Waals surface area contributed by atoms with Crippen LogP contribution in [0.1, 0.15) is 5.69 Å². The molecule has 2 N–H and O–H groups in total. The molecule has 0 radical (unpaired) electrons. The van der Waals surface area contributed by atoms with Gasteiger partial charge < -0.3 is 5.73 Å². The van der Waals surface area contributed by atoms with E-state index in [1.54, 1.807) is 6.07 Å². The van der Waals surface area contributed by atoms with E-state index in [0.29, 0.717) is 33.6 Å². The molecule has 0 unspecified atom stereocenters. The average Bonchev–Trinajstić information content (AvgIpc) is 2.27. The van der Waals surface area contributed by atoms with E-state index in [-0.39, 0.29) is 0 Å². The number of aromatic nitrogens is 1. The zero-order valence-corrected chi connectivity index (χ0v) is 10.6. The van der Waals surface area contributed by atoms with Crippen LogP contribution in [0.25, 0.3) is 10.9 Å². The van der Waals surface area contributed by atoms with Crippen LogP contribution in [0.15, 0.2) is 18.2 Å². The quantitative estimate of drug-likeness (QED) is 0.849. The Kier molecular flexibility index (Phi) is 3.55. The second-order valence-corrected chi connectivity index (χ2v) is 4.58. The molecule has 0 aliphatic rings. The number of fused-ring (bicyclic) bond motifs is 1. The Bertz CT molecular complexity index is 540. The molecule has 1 aromatic heterocycles. The molecule has 0 aliphatic carbocycles. The Balaban J connectivity index is 2.69. The normalized spacial score (nSPS) is 11.0. The van der Waals surface area contributed by atoms with Crippen LogP contribution in [0, 0.1) is 0 Å². The van der Waals surface area contributed by atoms with Gasteiger partial charge in [0.1, 0.15) is 0 Å². The molecule has 0 bridgehead atoms. The molecule has 0 amide bonds. The fourth-order valence-corrected chi connectivity index (χ4v) is 2.24. The van der Waals surface area contributed by atoms with Crippen LogP contribution in [0.3, 0.4) is 0 Å². The third-order valence-corrected chi connectivity index (χ3v) is 3.37. The molecular weight excluding hydrogens is 266 g/mol. The van der Waals surface area contributed by atoms with Crippen molar-refractivity contribution in [2.24, 2.45) is 5.73 Å². The van der Waals surface area contributed by atoms with Gasteiger partial charge in [-0.15, -0.1) is 0 Å². The molecule has 5 heteroatoms. The van der Waals surface area contributed by atoms with Gasteiger partial charge in [-0.1, -0.05) is 34.8 Å². The lowest BCUT2D eigenvalue weighted by Crippen LogP contribution is -2.04. The van der Waals surface area contributed by atoms with Crippen molar-refractivity contribution in [2.45, 2.75) is 6.42 Å². The van der Waals surface area contributed by atoms with Crippen molar-refractivity contribution in [3.05, 3.63) is 39.0 Å². The summed E-state index contributed by atoms with van der Waals surface area (Å²) in [4.78, 5) is 4.41. The lowest BCUT2D eigenvalue weighted by Gasteiger charge is -2.06. The number of halogens is 3. The van der Waals surface area contributed by atoms with Crippen molar-refractivity contribution in [3.8, 4) is 0 Å². The molecule has 0 atom stereocenters. The molecule has 0 saturated heterocycles. The molecule has 0 aliphatic heterocycles. The molecule has 16 heavy (non-hydrogen) atoms. The van der Waals surface area contributed by atoms with Crippen LogP contribution in [0.4, 0.5) is 0 Å². The number of hydrogen-bond donors (Lipinski definition) is 1. The molecular formula is C11H9Cl3N2. The summed E-state index contributed by atoms with van der Waals surface area (Å²) in [5.74, 6) is 0. The molecule has 0 fully saturated rings. The van der Waals surface area contributed by atoms with E-state index in [1.165, 1.54) is 0 Å². The highest BCUT2D eigenvalue weighted by Gasteiger charge is 2.09. The van der Waals surface area contributed by atoms with Crippen LogP contribution in [-0.4, -0.2) is 11.5 Å². The lowest BCUT2D eigenvalue weighted by atomic mass is 10.2. The summed E-state index contributed by atoms with van der Waals surface area (Å²) in [6.07, 6.45) is 0.715. The van der Waals surface area contributed by atoms with Crippen LogP contribution in [0.5, 0.6) is 0 Å². The first-order valence-electron chi connectivity index (χ1n) is 4.76. The molecule has 0 saturated carbocycles. The highest BCUT2D eigenvalue weighted by atomic mass is 35.5. The first kappa shape index (κ1) is 11.9. The Morgan fingerprint density at radius 3 is 2.56 bits per heavy atom. The highest BCUT2D eigenvalue weighted by molar-refractivity contribution is 6.47. The van der Waals surface area contributed by atoms with Crippen LogP contribution in [0.2, 0.25) is 15.1 Å². The summed E-state index contributed by atoms with van der Waals surface area (Å²) < 4.78 is 0. The predicted octanol–water partition coefficient (Wildman–Crippen LogP) is 3.70. The minimum Gasteiger partial charge on any atom is -0.330 e. The van der Waals surface area contributed by atoms with Gasteiger partial charge in [0.05, 0.1) is 20.6 Å². The van der Waals surface area contributed by atoms with Crippen LogP contribution >= 0.6 is 34.8 Å². The van der Waals surface area contributed by atoms with Crippen molar-refractivity contribution in [2.75, 3.05) is 6.54 Å². The van der Waals surface area contributed by atoms with E-state index in [4.69, 9.17) is 40.5 Å². The van der Waals surface area contributed by atoms with Gasteiger partial charge in [-0.25, -0.2) is 0 Å². The number of nitrogens with zero attached hydrogens (tertiary/aromatic N) is 1. The SMILES string of the molecule is NCCc1ccc2c(Cl)c(Cl)cc(Cl)c2n1. The fourth-order valence-electron chi connectivity index (χ4n) is 1.52. The fraction of sp³-hybridized carbons (Fsp3) is 0.182. The van der Waals surface area contributed by atoms with Gasteiger partial charge in [-0.3, -0.25) is 4.98 Å². The van der Waals surface area contributed by atoms with E-state index < -0.39 is 0 Å². The molecule has 2 nitrogen and oxygen atoms in total. The van der Waals surface area contributed by atoms with E-state index in [2.05, 4.69) is 4.98 Å². The number of hydrogen-bond acceptors (Lipinski definition) is 2. The van der Waals surface area contributed by atoms with Gasteiger partial charge >= 0.3 is 0 Å². The standard InChI is InChI=1S/C11H9Cl3N2/c12-8-5-9(13)11-7(10(8)14)2-1-6(16-11)3-4-15/h1-2,5H,3-4,15H2. The van der Waals surface area contributed by atoms with Crippen molar-refractivity contribution in [3.63, 3.8) is 0 Å². The minimum absolute atomic E-state index is 0.438. The molecule has 0 spiro atoms. The third-order valence-electron chi connectivity index (χ3n) is 2.28. The minimum atomic E-state index is 0.438. The summed E-state index contributed by atoms with van der Waals surface area (Å²) in [6, 6.07) is 5.36. The van der Waals surface area contributed by atoms with Gasteiger partial charge in [0, 0.05) is 17.5 Å². The van der Waals surface area contributed by atoms with Crippen molar-refractivity contribution in [1.29, 1.82) is 0 Å². The number of pyridine rings is 1.